The first-order valence-electron chi connectivity index (χ1n) is 9.72. The van der Waals surface area contributed by atoms with Crippen LogP contribution in [0.2, 0.25) is 0 Å². The lowest BCUT2D eigenvalue weighted by atomic mass is 10.1. The van der Waals surface area contributed by atoms with Crippen molar-refractivity contribution in [1.29, 1.82) is 0 Å². The van der Waals surface area contributed by atoms with Crippen molar-refractivity contribution in [2.45, 2.75) is 39.7 Å². The largest absolute Gasteiger partial charge is 0.368 e. The van der Waals surface area contributed by atoms with Gasteiger partial charge in [0.2, 0.25) is 5.91 Å². The van der Waals surface area contributed by atoms with Gasteiger partial charge < -0.3 is 20.4 Å². The monoisotopic (exact) mass is 485 g/mol. The maximum Gasteiger partial charge on any atom is 0.242 e. The zero-order valence-electron chi connectivity index (χ0n) is 16.6. The van der Waals surface area contributed by atoms with Crippen LogP contribution in [0.5, 0.6) is 0 Å². The van der Waals surface area contributed by atoms with Crippen LogP contribution in [-0.4, -0.2) is 62.1 Å². The van der Waals surface area contributed by atoms with Crippen LogP contribution in [-0.2, 0) is 4.79 Å². The second-order valence-corrected chi connectivity index (χ2v) is 7.21. The summed E-state index contributed by atoms with van der Waals surface area (Å²) in [5.41, 5.74) is 4.02. The summed E-state index contributed by atoms with van der Waals surface area (Å²) >= 11 is 0. The van der Waals surface area contributed by atoms with Crippen molar-refractivity contribution in [2.24, 2.45) is 4.99 Å². The molecular formula is C20H32IN5O. The number of anilines is 1. The molecule has 1 saturated carbocycles. The minimum absolute atomic E-state index is 0. The van der Waals surface area contributed by atoms with Gasteiger partial charge in [-0.05, 0) is 50.8 Å². The zero-order valence-corrected chi connectivity index (χ0v) is 19.0. The number of nitrogens with one attached hydrogen (secondary N) is 2. The molecule has 0 aromatic heterocycles. The molecule has 0 spiro atoms. The lowest BCUT2D eigenvalue weighted by molar-refractivity contribution is -0.119. The molecule has 1 saturated heterocycles. The van der Waals surface area contributed by atoms with E-state index in [9.17, 15) is 4.79 Å². The van der Waals surface area contributed by atoms with Crippen LogP contribution < -0.4 is 15.5 Å². The number of amides is 1. The van der Waals surface area contributed by atoms with Crippen LogP contribution in [0.25, 0.3) is 0 Å². The first kappa shape index (κ1) is 21.8. The first-order valence-corrected chi connectivity index (χ1v) is 9.72. The number of hydrogen-bond donors (Lipinski definition) is 2. The molecule has 2 aliphatic rings. The molecule has 1 heterocycles. The number of carbonyl (C=O) groups is 1. The van der Waals surface area contributed by atoms with Crippen molar-refractivity contribution in [2.75, 3.05) is 44.2 Å². The van der Waals surface area contributed by atoms with Gasteiger partial charge in [-0.1, -0.05) is 12.1 Å². The minimum Gasteiger partial charge on any atom is -0.368 e. The van der Waals surface area contributed by atoms with E-state index in [1.165, 1.54) is 16.8 Å². The molecule has 0 unspecified atom stereocenters. The first-order chi connectivity index (χ1) is 12.6. The standard InChI is InChI=1S/C20H31N5O.HI/c1-4-21-20(22-14-19(26)23-17-8-9-17)25-12-10-24(11-13-25)18-7-5-6-15(2)16(18)3;/h5-7,17H,4,8-14H2,1-3H3,(H,21,22)(H,23,26);1H. The molecule has 6 nitrogen and oxygen atoms in total. The highest BCUT2D eigenvalue weighted by atomic mass is 127. The van der Waals surface area contributed by atoms with Crippen molar-refractivity contribution in [3.8, 4) is 0 Å². The quantitative estimate of drug-likeness (QED) is 0.382. The van der Waals surface area contributed by atoms with Crippen LogP contribution in [0.4, 0.5) is 5.69 Å². The third-order valence-electron chi connectivity index (χ3n) is 5.15. The van der Waals surface area contributed by atoms with E-state index in [-0.39, 0.29) is 36.4 Å². The van der Waals surface area contributed by atoms with Crippen LogP contribution in [0, 0.1) is 13.8 Å². The van der Waals surface area contributed by atoms with Gasteiger partial charge in [-0.15, -0.1) is 24.0 Å². The molecule has 1 aliphatic carbocycles. The van der Waals surface area contributed by atoms with Gasteiger partial charge >= 0.3 is 0 Å². The number of nitrogens with zero attached hydrogens (tertiary/aromatic N) is 3. The Bertz CT molecular complexity index is 666. The third kappa shape index (κ3) is 5.99. The average molecular weight is 485 g/mol. The summed E-state index contributed by atoms with van der Waals surface area (Å²) in [4.78, 5) is 21.2. The summed E-state index contributed by atoms with van der Waals surface area (Å²) < 4.78 is 0. The Hall–Kier alpha value is -1.51. The molecule has 0 radical (unpaired) electrons. The molecule has 150 valence electrons. The molecular weight excluding hydrogens is 453 g/mol. The number of piperazine rings is 1. The van der Waals surface area contributed by atoms with E-state index in [1.807, 2.05) is 0 Å². The highest BCUT2D eigenvalue weighted by Gasteiger charge is 2.24. The number of carbonyl (C=O) groups excluding carboxylic acids is 1. The van der Waals surface area contributed by atoms with Crippen LogP contribution >= 0.6 is 24.0 Å². The van der Waals surface area contributed by atoms with Crippen molar-refractivity contribution in [3.05, 3.63) is 29.3 Å². The summed E-state index contributed by atoms with van der Waals surface area (Å²) in [6, 6.07) is 6.90. The number of rotatable bonds is 5. The van der Waals surface area contributed by atoms with Crippen LogP contribution in [0.1, 0.15) is 30.9 Å². The van der Waals surface area contributed by atoms with Crippen molar-refractivity contribution in [3.63, 3.8) is 0 Å². The maximum absolute atomic E-state index is 11.9. The van der Waals surface area contributed by atoms with E-state index < -0.39 is 0 Å². The lowest BCUT2D eigenvalue weighted by Crippen LogP contribution is -2.53. The van der Waals surface area contributed by atoms with Gasteiger partial charge in [-0.2, -0.15) is 0 Å². The highest BCUT2D eigenvalue weighted by Crippen LogP contribution is 2.23. The molecule has 7 heteroatoms. The smallest absolute Gasteiger partial charge is 0.242 e. The number of benzene rings is 1. The van der Waals surface area contributed by atoms with Crippen LogP contribution in [0.3, 0.4) is 0 Å². The summed E-state index contributed by atoms with van der Waals surface area (Å²) in [7, 11) is 0. The van der Waals surface area contributed by atoms with Gasteiger partial charge in [0, 0.05) is 44.5 Å². The fourth-order valence-electron chi connectivity index (χ4n) is 3.31. The fourth-order valence-corrected chi connectivity index (χ4v) is 3.31. The van der Waals surface area contributed by atoms with E-state index in [0.717, 1.165) is 51.5 Å². The Morgan fingerprint density at radius 1 is 1.19 bits per heavy atom. The number of guanidine groups is 1. The number of halogens is 1. The van der Waals surface area contributed by atoms with Gasteiger partial charge in [0.1, 0.15) is 6.54 Å². The summed E-state index contributed by atoms with van der Waals surface area (Å²) in [6.45, 7) is 11.2. The van der Waals surface area contributed by atoms with E-state index >= 15 is 0 Å². The van der Waals surface area contributed by atoms with Crippen LogP contribution in [0.15, 0.2) is 23.2 Å². The number of hydrogen-bond acceptors (Lipinski definition) is 3. The Labute approximate surface area is 179 Å². The van der Waals surface area contributed by atoms with E-state index in [2.05, 4.69) is 64.4 Å². The van der Waals surface area contributed by atoms with Gasteiger partial charge in [0.05, 0.1) is 0 Å². The molecule has 27 heavy (non-hydrogen) atoms. The van der Waals surface area contributed by atoms with E-state index in [4.69, 9.17) is 0 Å². The normalized spacial score (nSPS) is 17.4. The molecule has 1 aliphatic heterocycles. The van der Waals surface area contributed by atoms with Gasteiger partial charge in [0.15, 0.2) is 5.96 Å². The fraction of sp³-hybridized carbons (Fsp3) is 0.600. The molecule has 1 aromatic carbocycles. The zero-order chi connectivity index (χ0) is 18.5. The molecule has 0 bridgehead atoms. The third-order valence-corrected chi connectivity index (χ3v) is 5.15. The van der Waals surface area contributed by atoms with E-state index in [0.29, 0.717) is 6.04 Å². The second kappa shape index (κ2) is 10.1. The summed E-state index contributed by atoms with van der Waals surface area (Å²) in [6.07, 6.45) is 2.21. The SMILES string of the molecule is CCNC(=NCC(=O)NC1CC1)N1CCN(c2cccc(C)c2C)CC1.I. The van der Waals surface area contributed by atoms with Gasteiger partial charge in [-0.25, -0.2) is 4.99 Å². The highest BCUT2D eigenvalue weighted by molar-refractivity contribution is 14.0. The molecule has 2 fully saturated rings. The average Bonchev–Trinajstić information content (AvgIpc) is 3.45. The Balaban J connectivity index is 0.00000261. The minimum atomic E-state index is 0. The Morgan fingerprint density at radius 2 is 1.89 bits per heavy atom. The molecule has 3 rings (SSSR count). The van der Waals surface area contributed by atoms with Crippen molar-refractivity contribution < 1.29 is 4.79 Å². The number of aliphatic imine (C=N–C) groups is 1. The predicted molar refractivity (Wildman–Crippen MR) is 122 cm³/mol. The maximum atomic E-state index is 11.9. The summed E-state index contributed by atoms with van der Waals surface area (Å²) in [5, 5.41) is 6.32. The lowest BCUT2D eigenvalue weighted by Gasteiger charge is -2.38. The predicted octanol–water partition coefficient (Wildman–Crippen LogP) is 2.29. The molecule has 1 aromatic rings. The molecule has 1 amide bonds. The van der Waals surface area contributed by atoms with E-state index in [1.54, 1.807) is 0 Å². The van der Waals surface area contributed by atoms with Gasteiger partial charge in [-0.3, -0.25) is 4.79 Å². The topological polar surface area (TPSA) is 60.0 Å². The molecule has 0 atom stereocenters. The number of aryl methyl sites for hydroxylation is 1. The van der Waals surface area contributed by atoms with Crippen molar-refractivity contribution >= 4 is 41.5 Å². The summed E-state index contributed by atoms with van der Waals surface area (Å²) in [5.74, 6) is 0.871. The second-order valence-electron chi connectivity index (χ2n) is 7.21. The van der Waals surface area contributed by atoms with Gasteiger partial charge in [0.25, 0.3) is 0 Å². The molecule has 2 N–H and O–H groups in total. The Kier molecular flexibility index (Phi) is 8.19. The Morgan fingerprint density at radius 3 is 2.52 bits per heavy atom. The van der Waals surface area contributed by atoms with Crippen molar-refractivity contribution in [1.82, 2.24) is 15.5 Å².